The number of hydrogen-bond donors (Lipinski definition) is 1. The standard InChI is InChI=1S/C14H26N2/c1-2-3-4-5-6-9-16-13-7-8-14(16)11-12(15)10-13/h2,12-14H,1,3-11,15H2. The van der Waals surface area contributed by atoms with E-state index in [1.165, 1.54) is 57.9 Å². The summed E-state index contributed by atoms with van der Waals surface area (Å²) in [4.78, 5) is 2.75. The van der Waals surface area contributed by atoms with Crippen molar-refractivity contribution in [2.45, 2.75) is 69.5 Å². The predicted octanol–water partition coefficient (Wildman–Crippen LogP) is 2.69. The van der Waals surface area contributed by atoms with Gasteiger partial charge in [0.1, 0.15) is 0 Å². The molecule has 0 amide bonds. The van der Waals surface area contributed by atoms with Crippen LogP contribution < -0.4 is 5.73 Å². The average Bonchev–Trinajstić information content (AvgIpc) is 2.51. The fourth-order valence-electron chi connectivity index (χ4n) is 3.44. The quantitative estimate of drug-likeness (QED) is 0.553. The molecule has 2 aliphatic rings. The van der Waals surface area contributed by atoms with Gasteiger partial charge >= 0.3 is 0 Å². The lowest BCUT2D eigenvalue weighted by Crippen LogP contribution is -2.47. The lowest BCUT2D eigenvalue weighted by atomic mass is 9.98. The van der Waals surface area contributed by atoms with Crippen LogP contribution >= 0.6 is 0 Å². The van der Waals surface area contributed by atoms with Gasteiger partial charge in [0, 0.05) is 18.1 Å². The van der Waals surface area contributed by atoms with Crippen molar-refractivity contribution in [3.8, 4) is 0 Å². The smallest absolute Gasteiger partial charge is 0.0113 e. The highest BCUT2D eigenvalue weighted by atomic mass is 15.2. The zero-order valence-electron chi connectivity index (χ0n) is 10.4. The van der Waals surface area contributed by atoms with Crippen molar-refractivity contribution in [1.29, 1.82) is 0 Å². The van der Waals surface area contributed by atoms with Crippen molar-refractivity contribution in [2.24, 2.45) is 5.73 Å². The molecule has 2 saturated heterocycles. The molecule has 0 aliphatic carbocycles. The maximum Gasteiger partial charge on any atom is 0.0113 e. The van der Waals surface area contributed by atoms with E-state index >= 15 is 0 Å². The van der Waals surface area contributed by atoms with Gasteiger partial charge in [-0.25, -0.2) is 0 Å². The van der Waals surface area contributed by atoms with Crippen LogP contribution in [0.3, 0.4) is 0 Å². The van der Waals surface area contributed by atoms with E-state index in [0.717, 1.165) is 12.1 Å². The molecule has 2 bridgehead atoms. The van der Waals surface area contributed by atoms with E-state index < -0.39 is 0 Å². The van der Waals surface area contributed by atoms with Crippen molar-refractivity contribution in [3.05, 3.63) is 12.7 Å². The lowest BCUT2D eigenvalue weighted by Gasteiger charge is -2.37. The highest BCUT2D eigenvalue weighted by Gasteiger charge is 2.38. The first-order chi connectivity index (χ1) is 7.81. The second-order valence-corrected chi connectivity index (χ2v) is 5.49. The molecule has 2 heterocycles. The van der Waals surface area contributed by atoms with Gasteiger partial charge in [-0.3, -0.25) is 4.90 Å². The summed E-state index contributed by atoms with van der Waals surface area (Å²) in [7, 11) is 0. The minimum Gasteiger partial charge on any atom is -0.328 e. The van der Waals surface area contributed by atoms with E-state index in [2.05, 4.69) is 11.5 Å². The molecular formula is C14H26N2. The first-order valence-electron chi connectivity index (χ1n) is 6.93. The number of fused-ring (bicyclic) bond motifs is 2. The fourth-order valence-corrected chi connectivity index (χ4v) is 3.44. The number of hydrogen-bond acceptors (Lipinski definition) is 2. The molecule has 2 unspecified atom stereocenters. The summed E-state index contributed by atoms with van der Waals surface area (Å²) in [5.74, 6) is 0. The van der Waals surface area contributed by atoms with E-state index in [1.807, 2.05) is 6.08 Å². The van der Waals surface area contributed by atoms with E-state index in [1.54, 1.807) is 0 Å². The molecule has 0 spiro atoms. The normalized spacial score (nSPS) is 34.2. The first-order valence-corrected chi connectivity index (χ1v) is 6.93. The molecular weight excluding hydrogens is 196 g/mol. The second kappa shape index (κ2) is 5.83. The zero-order chi connectivity index (χ0) is 11.4. The number of rotatable bonds is 6. The molecule has 2 heteroatoms. The molecule has 2 N–H and O–H groups in total. The molecule has 2 fully saturated rings. The summed E-state index contributed by atoms with van der Waals surface area (Å²) < 4.78 is 0. The SMILES string of the molecule is C=CCCCCCN1C2CCC1CC(N)C2. The Hall–Kier alpha value is -0.340. The first kappa shape index (κ1) is 12.1. The Morgan fingerprint density at radius 1 is 1.12 bits per heavy atom. The molecule has 0 aromatic rings. The number of allylic oxidation sites excluding steroid dienone is 1. The molecule has 0 aromatic carbocycles. The van der Waals surface area contributed by atoms with Crippen molar-refractivity contribution >= 4 is 0 Å². The summed E-state index contributed by atoms with van der Waals surface area (Å²) in [6.45, 7) is 5.07. The van der Waals surface area contributed by atoms with Crippen LogP contribution in [0.15, 0.2) is 12.7 Å². The molecule has 92 valence electrons. The number of nitrogens with two attached hydrogens (primary N) is 1. The van der Waals surface area contributed by atoms with Gasteiger partial charge in [-0.05, 0) is 51.5 Å². The van der Waals surface area contributed by atoms with Gasteiger partial charge in [0.05, 0.1) is 0 Å². The molecule has 0 aromatic heterocycles. The molecule has 16 heavy (non-hydrogen) atoms. The van der Waals surface area contributed by atoms with Crippen molar-refractivity contribution < 1.29 is 0 Å². The summed E-state index contributed by atoms with van der Waals surface area (Å²) >= 11 is 0. The molecule has 0 saturated carbocycles. The Morgan fingerprint density at radius 3 is 2.44 bits per heavy atom. The van der Waals surface area contributed by atoms with Gasteiger partial charge in [-0.1, -0.05) is 12.5 Å². The minimum absolute atomic E-state index is 0.481. The highest BCUT2D eigenvalue weighted by molar-refractivity contribution is 4.96. The van der Waals surface area contributed by atoms with E-state index in [0.29, 0.717) is 6.04 Å². The highest BCUT2D eigenvalue weighted by Crippen LogP contribution is 2.35. The summed E-state index contributed by atoms with van der Waals surface area (Å²) in [5.41, 5.74) is 6.07. The van der Waals surface area contributed by atoms with Gasteiger partial charge in [0.2, 0.25) is 0 Å². The van der Waals surface area contributed by atoms with Gasteiger partial charge in [-0.15, -0.1) is 6.58 Å². The monoisotopic (exact) mass is 222 g/mol. The molecule has 2 nitrogen and oxygen atoms in total. The van der Waals surface area contributed by atoms with Crippen molar-refractivity contribution in [3.63, 3.8) is 0 Å². The van der Waals surface area contributed by atoms with E-state index in [-0.39, 0.29) is 0 Å². The minimum atomic E-state index is 0.481. The second-order valence-electron chi connectivity index (χ2n) is 5.49. The van der Waals surface area contributed by atoms with Crippen LogP contribution in [-0.4, -0.2) is 29.6 Å². The van der Waals surface area contributed by atoms with Crippen LogP contribution in [0.5, 0.6) is 0 Å². The lowest BCUT2D eigenvalue weighted by molar-refractivity contribution is 0.125. The zero-order valence-corrected chi connectivity index (χ0v) is 10.4. The largest absolute Gasteiger partial charge is 0.328 e. The van der Waals surface area contributed by atoms with Gasteiger partial charge in [-0.2, -0.15) is 0 Å². The molecule has 2 rings (SSSR count). The van der Waals surface area contributed by atoms with Gasteiger partial charge in [0.15, 0.2) is 0 Å². The fraction of sp³-hybridized carbons (Fsp3) is 0.857. The van der Waals surface area contributed by atoms with Gasteiger partial charge in [0.25, 0.3) is 0 Å². The Bertz CT molecular complexity index is 213. The van der Waals surface area contributed by atoms with E-state index in [9.17, 15) is 0 Å². The molecule has 0 radical (unpaired) electrons. The molecule has 2 atom stereocenters. The topological polar surface area (TPSA) is 29.3 Å². The third-order valence-electron chi connectivity index (χ3n) is 4.25. The third kappa shape index (κ3) is 2.86. The Kier molecular flexibility index (Phi) is 4.42. The van der Waals surface area contributed by atoms with Crippen LogP contribution in [0.25, 0.3) is 0 Å². The van der Waals surface area contributed by atoms with Crippen LogP contribution in [0.2, 0.25) is 0 Å². The average molecular weight is 222 g/mol. The van der Waals surface area contributed by atoms with Crippen LogP contribution in [0.1, 0.15) is 51.4 Å². The maximum atomic E-state index is 6.07. The van der Waals surface area contributed by atoms with Gasteiger partial charge < -0.3 is 5.73 Å². The Morgan fingerprint density at radius 2 is 1.81 bits per heavy atom. The summed E-state index contributed by atoms with van der Waals surface area (Å²) in [5, 5.41) is 0. The van der Waals surface area contributed by atoms with Crippen LogP contribution in [-0.2, 0) is 0 Å². The Labute approximate surface area is 99.9 Å². The van der Waals surface area contributed by atoms with Crippen LogP contribution in [0, 0.1) is 0 Å². The maximum absolute atomic E-state index is 6.07. The number of unbranched alkanes of at least 4 members (excludes halogenated alkanes) is 3. The third-order valence-corrected chi connectivity index (χ3v) is 4.25. The van der Waals surface area contributed by atoms with E-state index in [4.69, 9.17) is 5.73 Å². The predicted molar refractivity (Wildman–Crippen MR) is 69.4 cm³/mol. The number of nitrogens with zero attached hydrogens (tertiary/aromatic N) is 1. The van der Waals surface area contributed by atoms with Crippen molar-refractivity contribution in [1.82, 2.24) is 4.90 Å². The summed E-state index contributed by atoms with van der Waals surface area (Å²) in [6.07, 6.45) is 12.5. The Balaban J connectivity index is 1.68. The van der Waals surface area contributed by atoms with Crippen LogP contribution in [0.4, 0.5) is 0 Å². The van der Waals surface area contributed by atoms with Crippen molar-refractivity contribution in [2.75, 3.05) is 6.54 Å². The molecule has 2 aliphatic heterocycles. The summed E-state index contributed by atoms with van der Waals surface area (Å²) in [6, 6.07) is 2.11. The number of piperidine rings is 1.